The number of nitrogens with two attached hydrogens (primary N) is 1. The second kappa shape index (κ2) is 6.36. The fourth-order valence-corrected chi connectivity index (χ4v) is 2.51. The summed E-state index contributed by atoms with van der Waals surface area (Å²) < 4.78 is 16.5. The quantitative estimate of drug-likeness (QED) is 0.738. The lowest BCUT2D eigenvalue weighted by atomic mass is 10.1. The van der Waals surface area contributed by atoms with Crippen LogP contribution in [0.25, 0.3) is 0 Å². The molecule has 5 nitrogen and oxygen atoms in total. The molecule has 6 heteroatoms. The number of rotatable bonds is 6. The fourth-order valence-electron chi connectivity index (χ4n) is 1.42. The van der Waals surface area contributed by atoms with Crippen LogP contribution in [0.5, 0.6) is 0 Å². The number of carbonyl (C=O) groups is 1. The van der Waals surface area contributed by atoms with E-state index in [1.807, 2.05) is 0 Å². The smallest absolute Gasteiger partial charge is 0.338 e. The average molecular weight is 257 g/mol. The molecule has 17 heavy (non-hydrogen) atoms. The van der Waals surface area contributed by atoms with Gasteiger partial charge in [0.05, 0.1) is 12.2 Å². The van der Waals surface area contributed by atoms with Gasteiger partial charge in [0.1, 0.15) is 0 Å². The average Bonchev–Trinajstić information content (AvgIpc) is 2.25. The van der Waals surface area contributed by atoms with E-state index in [1.54, 1.807) is 12.1 Å². The molecule has 0 saturated heterocycles. The molecule has 0 saturated carbocycles. The summed E-state index contributed by atoms with van der Waals surface area (Å²) >= 11 is 0. The lowest BCUT2D eigenvalue weighted by Crippen LogP contribution is -2.11. The Hall–Kier alpha value is -1.40. The molecule has 3 N–H and O–H groups in total. The number of carboxylic acids is 1. The summed E-state index contributed by atoms with van der Waals surface area (Å²) in [5, 5.41) is 9.03. The normalized spacial score (nSPS) is 12.3. The van der Waals surface area contributed by atoms with Gasteiger partial charge in [-0.1, -0.05) is 12.1 Å². The minimum atomic E-state index is -1.15. The Morgan fingerprint density at radius 1 is 1.53 bits per heavy atom. The van der Waals surface area contributed by atoms with Gasteiger partial charge < -0.3 is 15.6 Å². The maximum atomic E-state index is 11.7. The van der Waals surface area contributed by atoms with Gasteiger partial charge in [-0.3, -0.25) is 4.21 Å². The molecule has 0 aliphatic rings. The Balaban J connectivity index is 2.87. The van der Waals surface area contributed by atoms with Crippen molar-refractivity contribution in [1.82, 2.24) is 0 Å². The Kier molecular flexibility index (Phi) is 5.11. The van der Waals surface area contributed by atoms with Crippen LogP contribution in [0.15, 0.2) is 18.2 Å². The zero-order valence-corrected chi connectivity index (χ0v) is 10.3. The van der Waals surface area contributed by atoms with Gasteiger partial charge in [0, 0.05) is 35.1 Å². The minimum Gasteiger partial charge on any atom is -0.478 e. The highest BCUT2D eigenvalue weighted by Gasteiger charge is 2.15. The highest BCUT2D eigenvalue weighted by molar-refractivity contribution is 7.84. The molecule has 94 valence electrons. The molecule has 1 aromatic rings. The highest BCUT2D eigenvalue weighted by atomic mass is 32.2. The molecular formula is C11H15NO4S. The molecule has 0 radical (unpaired) electrons. The molecule has 0 spiro atoms. The van der Waals surface area contributed by atoms with Crippen molar-refractivity contribution in [3.05, 3.63) is 29.3 Å². The molecule has 1 atom stereocenters. The van der Waals surface area contributed by atoms with Crippen molar-refractivity contribution in [1.29, 1.82) is 0 Å². The lowest BCUT2D eigenvalue weighted by Gasteiger charge is -2.08. The number of hydrogen-bond acceptors (Lipinski definition) is 4. The number of carboxylic acid groups (broad SMARTS) is 1. The first-order valence-corrected chi connectivity index (χ1v) is 6.49. The van der Waals surface area contributed by atoms with E-state index in [0.717, 1.165) is 0 Å². The van der Waals surface area contributed by atoms with Crippen molar-refractivity contribution in [2.75, 3.05) is 25.2 Å². The van der Waals surface area contributed by atoms with E-state index in [2.05, 4.69) is 0 Å². The minimum absolute atomic E-state index is 0.0401. The summed E-state index contributed by atoms with van der Waals surface area (Å²) in [5.41, 5.74) is 6.32. The standard InChI is InChI=1S/C11H15NO4S/c1-16-5-6-17(15)7-8-3-2-4-9(12)10(8)11(13)14/h2-4H,5-7,12H2,1H3,(H,13,14). The van der Waals surface area contributed by atoms with E-state index >= 15 is 0 Å². The zero-order valence-electron chi connectivity index (χ0n) is 9.51. The predicted octanol–water partition coefficient (Wildman–Crippen LogP) is 0.862. The molecule has 0 aliphatic carbocycles. The maximum absolute atomic E-state index is 11.7. The van der Waals surface area contributed by atoms with Crippen LogP contribution < -0.4 is 5.73 Å². The summed E-state index contributed by atoms with van der Waals surface area (Å²) in [6.45, 7) is 0.386. The van der Waals surface area contributed by atoms with Crippen LogP contribution in [0.1, 0.15) is 15.9 Å². The first kappa shape index (κ1) is 13.7. The highest BCUT2D eigenvalue weighted by Crippen LogP contribution is 2.18. The van der Waals surface area contributed by atoms with Gasteiger partial charge in [0.2, 0.25) is 0 Å². The summed E-state index contributed by atoms with van der Waals surface area (Å²) in [6, 6.07) is 4.81. The SMILES string of the molecule is COCCS(=O)Cc1cccc(N)c1C(=O)O. The van der Waals surface area contributed by atoms with Crippen LogP contribution in [0.3, 0.4) is 0 Å². The van der Waals surface area contributed by atoms with E-state index in [4.69, 9.17) is 15.6 Å². The molecule has 1 aromatic carbocycles. The maximum Gasteiger partial charge on any atom is 0.338 e. The third kappa shape index (κ3) is 3.83. The van der Waals surface area contributed by atoms with E-state index < -0.39 is 16.8 Å². The predicted molar refractivity (Wildman–Crippen MR) is 66.4 cm³/mol. The van der Waals surface area contributed by atoms with Gasteiger partial charge in [0.15, 0.2) is 0 Å². The summed E-state index contributed by atoms with van der Waals surface area (Å²) in [7, 11) is 0.378. The second-order valence-corrected chi connectivity index (χ2v) is 5.04. The summed E-state index contributed by atoms with van der Waals surface area (Å²) in [5.74, 6) is -0.540. The molecule has 0 amide bonds. The van der Waals surface area contributed by atoms with Gasteiger partial charge >= 0.3 is 5.97 Å². The van der Waals surface area contributed by atoms with Gasteiger partial charge in [-0.25, -0.2) is 4.79 Å². The lowest BCUT2D eigenvalue weighted by molar-refractivity contribution is 0.0697. The monoisotopic (exact) mass is 257 g/mol. The van der Waals surface area contributed by atoms with Crippen LogP contribution >= 0.6 is 0 Å². The van der Waals surface area contributed by atoms with E-state index in [1.165, 1.54) is 13.2 Å². The van der Waals surface area contributed by atoms with Crippen molar-refractivity contribution in [2.24, 2.45) is 0 Å². The van der Waals surface area contributed by atoms with Crippen LogP contribution in [0.2, 0.25) is 0 Å². The number of aromatic carboxylic acids is 1. The number of ether oxygens (including phenoxy) is 1. The summed E-state index contributed by atoms with van der Waals surface area (Å²) in [4.78, 5) is 11.0. The largest absolute Gasteiger partial charge is 0.478 e. The molecule has 0 aliphatic heterocycles. The molecule has 0 bridgehead atoms. The number of anilines is 1. The van der Waals surface area contributed by atoms with Crippen LogP contribution in [-0.4, -0.2) is 34.8 Å². The van der Waals surface area contributed by atoms with Gasteiger partial charge in [-0.05, 0) is 11.6 Å². The van der Waals surface area contributed by atoms with E-state index in [9.17, 15) is 9.00 Å². The molecule has 1 rings (SSSR count). The molecular weight excluding hydrogens is 242 g/mol. The first-order chi connectivity index (χ1) is 8.06. The van der Waals surface area contributed by atoms with Gasteiger partial charge in [0.25, 0.3) is 0 Å². The molecule has 0 fully saturated rings. The van der Waals surface area contributed by atoms with Crippen molar-refractivity contribution in [2.45, 2.75) is 5.75 Å². The second-order valence-electron chi connectivity index (χ2n) is 3.47. The van der Waals surface area contributed by atoms with Gasteiger partial charge in [-0.2, -0.15) is 0 Å². The van der Waals surface area contributed by atoms with Crippen molar-refractivity contribution in [3.8, 4) is 0 Å². The Labute approximate surface area is 102 Å². The third-order valence-corrected chi connectivity index (χ3v) is 3.48. The van der Waals surface area contributed by atoms with Gasteiger partial charge in [-0.15, -0.1) is 0 Å². The van der Waals surface area contributed by atoms with Crippen molar-refractivity contribution in [3.63, 3.8) is 0 Å². The number of hydrogen-bond donors (Lipinski definition) is 2. The topological polar surface area (TPSA) is 89.6 Å². The van der Waals surface area contributed by atoms with E-state index in [-0.39, 0.29) is 17.0 Å². The molecule has 1 unspecified atom stereocenters. The summed E-state index contributed by atoms with van der Waals surface area (Å²) in [6.07, 6.45) is 0. The number of methoxy groups -OCH3 is 1. The fraction of sp³-hybridized carbons (Fsp3) is 0.364. The first-order valence-electron chi connectivity index (χ1n) is 5.00. The zero-order chi connectivity index (χ0) is 12.8. The Morgan fingerprint density at radius 2 is 2.24 bits per heavy atom. The Morgan fingerprint density at radius 3 is 2.82 bits per heavy atom. The van der Waals surface area contributed by atoms with Crippen LogP contribution in [-0.2, 0) is 21.3 Å². The van der Waals surface area contributed by atoms with Crippen LogP contribution in [0.4, 0.5) is 5.69 Å². The Bertz CT molecular complexity index is 433. The third-order valence-electron chi connectivity index (χ3n) is 2.23. The van der Waals surface area contributed by atoms with Crippen molar-refractivity contribution >= 4 is 22.5 Å². The van der Waals surface area contributed by atoms with E-state index in [0.29, 0.717) is 17.9 Å². The molecule has 0 aromatic heterocycles. The number of nitrogen functional groups attached to an aromatic ring is 1. The van der Waals surface area contributed by atoms with Crippen LogP contribution in [0, 0.1) is 0 Å². The molecule has 0 heterocycles. The van der Waals surface area contributed by atoms with Crippen molar-refractivity contribution < 1.29 is 18.8 Å². The number of benzene rings is 1.